The zero-order valence-electron chi connectivity index (χ0n) is 11.1. The summed E-state index contributed by atoms with van der Waals surface area (Å²) < 4.78 is 33.7. The number of anilines is 1. The lowest BCUT2D eigenvalue weighted by atomic mass is 10.1. The summed E-state index contributed by atoms with van der Waals surface area (Å²) in [7, 11) is 0. The van der Waals surface area contributed by atoms with Gasteiger partial charge in [0.05, 0.1) is 6.10 Å². The van der Waals surface area contributed by atoms with Crippen LogP contribution in [0.1, 0.15) is 18.9 Å². The molecule has 1 aromatic rings. The van der Waals surface area contributed by atoms with Crippen molar-refractivity contribution in [2.24, 2.45) is 10.9 Å². The Morgan fingerprint density at radius 2 is 2.10 bits per heavy atom. The molecule has 1 heterocycles. The van der Waals surface area contributed by atoms with Crippen LogP contribution < -0.4 is 10.6 Å². The topological polar surface area (TPSA) is 71.1 Å². The molecule has 0 spiro atoms. The first-order valence-corrected chi connectivity index (χ1v) is 6.36. The molecule has 0 aromatic heterocycles. The van der Waals surface area contributed by atoms with Gasteiger partial charge in [0.15, 0.2) is 5.84 Å². The number of hydrogen-bond acceptors (Lipinski definition) is 4. The van der Waals surface area contributed by atoms with E-state index in [1.165, 1.54) is 0 Å². The highest BCUT2D eigenvalue weighted by Crippen LogP contribution is 2.26. The zero-order chi connectivity index (χ0) is 14.7. The van der Waals surface area contributed by atoms with E-state index >= 15 is 0 Å². The number of nitrogens with zero attached hydrogens (tertiary/aromatic N) is 2. The van der Waals surface area contributed by atoms with Crippen molar-refractivity contribution in [3.63, 3.8) is 0 Å². The van der Waals surface area contributed by atoms with E-state index in [0.717, 1.165) is 12.1 Å². The Bertz CT molecular complexity index is 499. The third-order valence-electron chi connectivity index (χ3n) is 3.19. The van der Waals surface area contributed by atoms with Gasteiger partial charge in [-0.1, -0.05) is 5.16 Å². The van der Waals surface area contributed by atoms with Crippen molar-refractivity contribution in [2.75, 3.05) is 24.6 Å². The van der Waals surface area contributed by atoms with Crippen molar-refractivity contribution in [1.82, 2.24) is 0 Å². The molecule has 5 nitrogen and oxygen atoms in total. The van der Waals surface area contributed by atoms with E-state index in [1.54, 1.807) is 4.90 Å². The van der Waals surface area contributed by atoms with E-state index in [-0.39, 0.29) is 23.2 Å². The fourth-order valence-electron chi connectivity index (χ4n) is 2.27. The Morgan fingerprint density at radius 3 is 2.70 bits per heavy atom. The molecule has 1 aliphatic heterocycles. The van der Waals surface area contributed by atoms with Crippen LogP contribution in [0.25, 0.3) is 0 Å². The number of hydrogen-bond donors (Lipinski definition) is 2. The quantitative estimate of drug-likeness (QED) is 0.375. The molecule has 0 aliphatic carbocycles. The van der Waals surface area contributed by atoms with Crippen molar-refractivity contribution < 1.29 is 18.7 Å². The minimum atomic E-state index is -0.735. The molecule has 20 heavy (non-hydrogen) atoms. The van der Waals surface area contributed by atoms with Gasteiger partial charge in [-0.2, -0.15) is 0 Å². The number of benzene rings is 1. The van der Waals surface area contributed by atoms with Gasteiger partial charge in [0, 0.05) is 25.3 Å². The van der Waals surface area contributed by atoms with Gasteiger partial charge in [-0.05, 0) is 25.5 Å². The van der Waals surface area contributed by atoms with Gasteiger partial charge in [0.2, 0.25) is 0 Å². The molecule has 110 valence electrons. The highest BCUT2D eigenvalue weighted by Gasteiger charge is 2.22. The van der Waals surface area contributed by atoms with Crippen molar-refractivity contribution in [1.29, 1.82) is 0 Å². The number of halogens is 2. The molecule has 0 bridgehead atoms. The molecule has 1 unspecified atom stereocenters. The predicted octanol–water partition coefficient (Wildman–Crippen LogP) is 1.67. The number of oxime groups is 1. The average molecular weight is 285 g/mol. The van der Waals surface area contributed by atoms with Crippen LogP contribution in [0, 0.1) is 11.6 Å². The zero-order valence-corrected chi connectivity index (χ0v) is 11.1. The Labute approximate surface area is 115 Å². The number of nitrogens with two attached hydrogens (primary N) is 1. The Hall–Kier alpha value is -1.89. The summed E-state index contributed by atoms with van der Waals surface area (Å²) in [4.78, 5) is 1.62. The first kappa shape index (κ1) is 14.5. The minimum Gasteiger partial charge on any atom is -0.409 e. The molecule has 1 aromatic carbocycles. The largest absolute Gasteiger partial charge is 0.409 e. The number of ether oxygens (including phenoxy) is 1. The maximum Gasteiger partial charge on any atom is 0.170 e. The van der Waals surface area contributed by atoms with Gasteiger partial charge in [-0.15, -0.1) is 0 Å². The van der Waals surface area contributed by atoms with Gasteiger partial charge in [-0.3, -0.25) is 0 Å². The number of amidine groups is 1. The second-order valence-electron chi connectivity index (χ2n) is 4.75. The maximum atomic E-state index is 14.1. The van der Waals surface area contributed by atoms with Crippen LogP contribution in [0.2, 0.25) is 0 Å². The highest BCUT2D eigenvalue weighted by atomic mass is 19.1. The van der Waals surface area contributed by atoms with E-state index in [4.69, 9.17) is 15.7 Å². The SMILES string of the molecule is CC1CN(c2c(F)cc(C(N)=NO)cc2F)CCCO1. The molecule has 1 aliphatic rings. The van der Waals surface area contributed by atoms with Crippen molar-refractivity contribution in [3.05, 3.63) is 29.3 Å². The van der Waals surface area contributed by atoms with Crippen LogP contribution in [0.15, 0.2) is 17.3 Å². The number of rotatable bonds is 2. The molecule has 1 saturated heterocycles. The van der Waals surface area contributed by atoms with Gasteiger partial charge in [0.25, 0.3) is 0 Å². The molecule has 0 saturated carbocycles. The van der Waals surface area contributed by atoms with Gasteiger partial charge in [-0.25, -0.2) is 8.78 Å². The van der Waals surface area contributed by atoms with E-state index in [0.29, 0.717) is 26.1 Å². The molecular formula is C13H17F2N3O2. The second kappa shape index (κ2) is 6.04. The van der Waals surface area contributed by atoms with Crippen LogP contribution in [0.4, 0.5) is 14.5 Å². The molecule has 3 N–H and O–H groups in total. The smallest absolute Gasteiger partial charge is 0.170 e. The normalized spacial score (nSPS) is 20.9. The van der Waals surface area contributed by atoms with Gasteiger partial charge < -0.3 is 20.6 Å². The van der Waals surface area contributed by atoms with Crippen molar-refractivity contribution in [2.45, 2.75) is 19.4 Å². The van der Waals surface area contributed by atoms with Crippen LogP contribution in [0.3, 0.4) is 0 Å². The summed E-state index contributed by atoms with van der Waals surface area (Å²) in [6.45, 7) is 3.36. The summed E-state index contributed by atoms with van der Waals surface area (Å²) in [6.07, 6.45) is 0.602. The average Bonchev–Trinajstić information content (AvgIpc) is 2.61. The van der Waals surface area contributed by atoms with Gasteiger partial charge in [0.1, 0.15) is 17.3 Å². The van der Waals surface area contributed by atoms with Crippen molar-refractivity contribution >= 4 is 11.5 Å². The monoisotopic (exact) mass is 285 g/mol. The van der Waals surface area contributed by atoms with Gasteiger partial charge >= 0.3 is 0 Å². The predicted molar refractivity (Wildman–Crippen MR) is 71.1 cm³/mol. The van der Waals surface area contributed by atoms with E-state index < -0.39 is 11.6 Å². The molecule has 0 radical (unpaired) electrons. The molecule has 1 fully saturated rings. The van der Waals surface area contributed by atoms with Crippen LogP contribution in [-0.4, -0.2) is 36.8 Å². The molecule has 7 heteroatoms. The first-order valence-electron chi connectivity index (χ1n) is 6.36. The standard InChI is InChI=1S/C13H17F2N3O2/c1-8-7-18(3-2-4-20-8)12-10(14)5-9(6-11(12)15)13(16)17-19/h5-6,8,19H,2-4,7H2,1H3,(H2,16,17). The fraction of sp³-hybridized carbons (Fsp3) is 0.462. The summed E-state index contributed by atoms with van der Waals surface area (Å²) in [5.74, 6) is -1.80. The van der Waals surface area contributed by atoms with Crippen LogP contribution in [0.5, 0.6) is 0 Å². The second-order valence-corrected chi connectivity index (χ2v) is 4.75. The lowest BCUT2D eigenvalue weighted by molar-refractivity contribution is 0.0820. The van der Waals surface area contributed by atoms with Crippen LogP contribution in [-0.2, 0) is 4.74 Å². The summed E-state index contributed by atoms with van der Waals surface area (Å²) in [5, 5.41) is 11.3. The first-order chi connectivity index (χ1) is 9.52. The van der Waals surface area contributed by atoms with E-state index in [2.05, 4.69) is 5.16 Å². The summed E-state index contributed by atoms with van der Waals surface area (Å²) >= 11 is 0. The Kier molecular flexibility index (Phi) is 4.39. The molecule has 0 amide bonds. The van der Waals surface area contributed by atoms with E-state index in [1.807, 2.05) is 6.92 Å². The summed E-state index contributed by atoms with van der Waals surface area (Å²) in [6, 6.07) is 2.12. The molecule has 2 rings (SSSR count). The fourth-order valence-corrected chi connectivity index (χ4v) is 2.27. The maximum absolute atomic E-state index is 14.1. The lowest BCUT2D eigenvalue weighted by Gasteiger charge is -2.25. The third-order valence-corrected chi connectivity index (χ3v) is 3.19. The molecule has 1 atom stereocenters. The lowest BCUT2D eigenvalue weighted by Crippen LogP contribution is -2.32. The van der Waals surface area contributed by atoms with Crippen molar-refractivity contribution in [3.8, 4) is 0 Å². The third kappa shape index (κ3) is 2.98. The minimum absolute atomic E-state index is 0.00497. The Morgan fingerprint density at radius 1 is 1.45 bits per heavy atom. The van der Waals surface area contributed by atoms with E-state index in [9.17, 15) is 8.78 Å². The summed E-state index contributed by atoms with van der Waals surface area (Å²) in [5.41, 5.74) is 5.25. The Balaban J connectivity index is 2.36. The van der Waals surface area contributed by atoms with Crippen LogP contribution >= 0.6 is 0 Å². The molecular weight excluding hydrogens is 268 g/mol. The highest BCUT2D eigenvalue weighted by molar-refractivity contribution is 5.97.